The molecule has 0 saturated heterocycles. The standard InChI is InChI=1S/C13H14N2O2S/c1-10-15-9-12(18-10)7-8-14-13(16)17-11-5-3-2-4-6-11/h2-6,9H,7-8H2,1H3,(H,14,16). The van der Waals surface area contributed by atoms with Crippen LogP contribution in [0.25, 0.3) is 0 Å². The SMILES string of the molecule is Cc1ncc(CCNC(=O)Oc2ccccc2)s1. The second-order valence-corrected chi connectivity index (χ2v) is 5.04. The van der Waals surface area contributed by atoms with Gasteiger partial charge in [0.2, 0.25) is 0 Å². The van der Waals surface area contributed by atoms with Gasteiger partial charge in [0, 0.05) is 24.0 Å². The molecule has 5 heteroatoms. The largest absolute Gasteiger partial charge is 0.412 e. The van der Waals surface area contributed by atoms with Crippen molar-refractivity contribution >= 4 is 17.4 Å². The highest BCUT2D eigenvalue weighted by atomic mass is 32.1. The number of ether oxygens (including phenoxy) is 1. The van der Waals surface area contributed by atoms with E-state index in [1.54, 1.807) is 23.5 Å². The van der Waals surface area contributed by atoms with Crippen LogP contribution >= 0.6 is 11.3 Å². The molecule has 1 heterocycles. The molecule has 2 rings (SSSR count). The summed E-state index contributed by atoms with van der Waals surface area (Å²) in [5.74, 6) is 0.545. The Morgan fingerprint density at radius 1 is 1.39 bits per heavy atom. The third-order valence-corrected chi connectivity index (χ3v) is 3.24. The second kappa shape index (κ2) is 6.16. The number of hydrogen-bond acceptors (Lipinski definition) is 4. The Hall–Kier alpha value is -1.88. The van der Waals surface area contributed by atoms with Gasteiger partial charge >= 0.3 is 6.09 Å². The van der Waals surface area contributed by atoms with Crippen LogP contribution in [0.1, 0.15) is 9.88 Å². The highest BCUT2D eigenvalue weighted by Gasteiger charge is 2.04. The average Bonchev–Trinajstić information content (AvgIpc) is 2.76. The highest BCUT2D eigenvalue weighted by molar-refractivity contribution is 7.11. The molecule has 0 aliphatic rings. The molecular formula is C13H14N2O2S. The van der Waals surface area contributed by atoms with E-state index < -0.39 is 6.09 Å². The summed E-state index contributed by atoms with van der Waals surface area (Å²) >= 11 is 1.64. The fourth-order valence-corrected chi connectivity index (χ4v) is 2.23. The predicted molar refractivity (Wildman–Crippen MR) is 71.0 cm³/mol. The van der Waals surface area contributed by atoms with Crippen LogP contribution in [0.4, 0.5) is 4.79 Å². The zero-order valence-corrected chi connectivity index (χ0v) is 10.9. The first kappa shape index (κ1) is 12.6. The maximum atomic E-state index is 11.5. The molecule has 1 aromatic carbocycles. The van der Waals surface area contributed by atoms with Gasteiger partial charge in [0.15, 0.2) is 0 Å². The van der Waals surface area contributed by atoms with Gasteiger partial charge in [0.1, 0.15) is 5.75 Å². The van der Waals surface area contributed by atoms with Crippen LogP contribution in [0, 0.1) is 6.92 Å². The van der Waals surface area contributed by atoms with Crippen molar-refractivity contribution in [3.63, 3.8) is 0 Å². The van der Waals surface area contributed by atoms with Gasteiger partial charge < -0.3 is 10.1 Å². The summed E-state index contributed by atoms with van der Waals surface area (Å²) in [7, 11) is 0. The molecular weight excluding hydrogens is 248 g/mol. The highest BCUT2D eigenvalue weighted by Crippen LogP contribution is 2.11. The number of aromatic nitrogens is 1. The summed E-state index contributed by atoms with van der Waals surface area (Å²) < 4.78 is 5.10. The Morgan fingerprint density at radius 2 is 2.17 bits per heavy atom. The molecule has 18 heavy (non-hydrogen) atoms. The molecule has 94 valence electrons. The van der Waals surface area contributed by atoms with Crippen molar-refractivity contribution in [2.24, 2.45) is 0 Å². The first-order valence-corrected chi connectivity index (χ1v) is 6.48. The number of nitrogens with zero attached hydrogens (tertiary/aromatic N) is 1. The van der Waals surface area contributed by atoms with Gasteiger partial charge in [0.25, 0.3) is 0 Å². The molecule has 0 bridgehead atoms. The molecule has 0 atom stereocenters. The molecule has 0 unspecified atom stereocenters. The predicted octanol–water partition coefficient (Wildman–Crippen LogP) is 2.78. The minimum atomic E-state index is -0.428. The van der Waals surface area contributed by atoms with E-state index in [1.165, 1.54) is 0 Å². The number of carbonyl (C=O) groups excluding carboxylic acids is 1. The van der Waals surface area contributed by atoms with Gasteiger partial charge in [-0.25, -0.2) is 9.78 Å². The van der Waals surface area contributed by atoms with Crippen LogP contribution in [0.15, 0.2) is 36.5 Å². The lowest BCUT2D eigenvalue weighted by Crippen LogP contribution is -2.28. The van der Waals surface area contributed by atoms with Crippen LogP contribution in [-0.4, -0.2) is 17.6 Å². The Morgan fingerprint density at radius 3 is 2.83 bits per heavy atom. The first-order valence-electron chi connectivity index (χ1n) is 5.66. The zero-order chi connectivity index (χ0) is 12.8. The van der Waals surface area contributed by atoms with Gasteiger partial charge in [-0.2, -0.15) is 0 Å². The number of thiazole rings is 1. The molecule has 0 radical (unpaired) electrons. The summed E-state index contributed by atoms with van der Waals surface area (Å²) in [6, 6.07) is 9.00. The Balaban J connectivity index is 1.72. The minimum absolute atomic E-state index is 0.428. The van der Waals surface area contributed by atoms with Gasteiger partial charge in [-0.05, 0) is 19.1 Å². The van der Waals surface area contributed by atoms with Crippen molar-refractivity contribution in [3.05, 3.63) is 46.4 Å². The summed E-state index contributed by atoms with van der Waals surface area (Å²) in [4.78, 5) is 16.8. The van der Waals surface area contributed by atoms with Crippen LogP contribution in [0.3, 0.4) is 0 Å². The molecule has 0 spiro atoms. The van der Waals surface area contributed by atoms with Gasteiger partial charge in [-0.15, -0.1) is 11.3 Å². The third kappa shape index (κ3) is 3.85. The van der Waals surface area contributed by atoms with E-state index in [4.69, 9.17) is 4.74 Å². The molecule has 1 N–H and O–H groups in total. The van der Waals surface area contributed by atoms with E-state index in [0.717, 1.165) is 16.3 Å². The van der Waals surface area contributed by atoms with E-state index in [-0.39, 0.29) is 0 Å². The third-order valence-electron chi connectivity index (χ3n) is 2.26. The average molecular weight is 262 g/mol. The van der Waals surface area contributed by atoms with Gasteiger partial charge in [0.05, 0.1) is 5.01 Å². The van der Waals surface area contributed by atoms with E-state index >= 15 is 0 Å². The van der Waals surface area contributed by atoms with E-state index in [2.05, 4.69) is 10.3 Å². The Bertz CT molecular complexity index is 511. The van der Waals surface area contributed by atoms with E-state index in [9.17, 15) is 4.79 Å². The van der Waals surface area contributed by atoms with Crippen LogP contribution in [0.5, 0.6) is 5.75 Å². The second-order valence-electron chi connectivity index (χ2n) is 3.72. The number of hydrogen-bond donors (Lipinski definition) is 1. The number of para-hydroxylation sites is 1. The smallest absolute Gasteiger partial charge is 0.410 e. The molecule has 4 nitrogen and oxygen atoms in total. The zero-order valence-electron chi connectivity index (χ0n) is 10.1. The summed E-state index contributed by atoms with van der Waals surface area (Å²) in [6.07, 6.45) is 2.18. The minimum Gasteiger partial charge on any atom is -0.410 e. The summed E-state index contributed by atoms with van der Waals surface area (Å²) in [5.41, 5.74) is 0. The maximum Gasteiger partial charge on any atom is 0.412 e. The fourth-order valence-electron chi connectivity index (χ4n) is 1.44. The number of amides is 1. The van der Waals surface area contributed by atoms with Crippen molar-refractivity contribution in [3.8, 4) is 5.75 Å². The molecule has 0 fully saturated rings. The van der Waals surface area contributed by atoms with Crippen molar-refractivity contribution < 1.29 is 9.53 Å². The van der Waals surface area contributed by atoms with E-state index in [0.29, 0.717) is 12.3 Å². The quantitative estimate of drug-likeness (QED) is 0.921. The lowest BCUT2D eigenvalue weighted by molar-refractivity contribution is 0.200. The summed E-state index contributed by atoms with van der Waals surface area (Å²) in [6.45, 7) is 2.51. The van der Waals surface area contributed by atoms with Gasteiger partial charge in [-0.3, -0.25) is 0 Å². The van der Waals surface area contributed by atoms with Crippen LogP contribution in [-0.2, 0) is 6.42 Å². The molecule has 0 saturated carbocycles. The normalized spacial score (nSPS) is 10.1. The number of benzene rings is 1. The first-order chi connectivity index (χ1) is 8.74. The van der Waals surface area contributed by atoms with Crippen molar-refractivity contribution in [2.75, 3.05) is 6.54 Å². The Labute approximate surface area is 110 Å². The molecule has 1 aromatic heterocycles. The number of carbonyl (C=O) groups is 1. The lowest BCUT2D eigenvalue weighted by atomic mass is 10.3. The van der Waals surface area contributed by atoms with Crippen molar-refractivity contribution in [2.45, 2.75) is 13.3 Å². The van der Waals surface area contributed by atoms with Crippen LogP contribution < -0.4 is 10.1 Å². The molecule has 0 aliphatic carbocycles. The molecule has 1 amide bonds. The van der Waals surface area contributed by atoms with Crippen LogP contribution in [0.2, 0.25) is 0 Å². The van der Waals surface area contributed by atoms with Crippen molar-refractivity contribution in [1.29, 1.82) is 0 Å². The topological polar surface area (TPSA) is 51.2 Å². The molecule has 0 aliphatic heterocycles. The molecule has 2 aromatic rings. The number of nitrogens with one attached hydrogen (secondary N) is 1. The fraction of sp³-hybridized carbons (Fsp3) is 0.231. The lowest BCUT2D eigenvalue weighted by Gasteiger charge is -2.05. The maximum absolute atomic E-state index is 11.5. The Kier molecular flexibility index (Phi) is 4.30. The van der Waals surface area contributed by atoms with Crippen molar-refractivity contribution in [1.82, 2.24) is 10.3 Å². The number of rotatable bonds is 4. The van der Waals surface area contributed by atoms with Gasteiger partial charge in [-0.1, -0.05) is 18.2 Å². The number of aryl methyl sites for hydroxylation is 1. The monoisotopic (exact) mass is 262 g/mol. The summed E-state index contributed by atoms with van der Waals surface area (Å²) in [5, 5.41) is 3.75. The van der Waals surface area contributed by atoms with E-state index in [1.807, 2.05) is 31.3 Å².